The van der Waals surface area contributed by atoms with Crippen molar-refractivity contribution in [1.29, 1.82) is 5.26 Å². The lowest BCUT2D eigenvalue weighted by Gasteiger charge is -2.41. The van der Waals surface area contributed by atoms with E-state index in [1.807, 2.05) is 56.8 Å². The fraction of sp³-hybridized carbons (Fsp3) is 0.333. The summed E-state index contributed by atoms with van der Waals surface area (Å²) in [5.74, 6) is -4.64. The van der Waals surface area contributed by atoms with Gasteiger partial charge in [0.15, 0.2) is 11.6 Å². The van der Waals surface area contributed by atoms with Crippen LogP contribution in [0.5, 0.6) is 5.75 Å². The van der Waals surface area contributed by atoms with E-state index in [2.05, 4.69) is 12.6 Å². The van der Waals surface area contributed by atoms with E-state index >= 15 is 0 Å². The van der Waals surface area contributed by atoms with Crippen LogP contribution in [-0.4, -0.2) is 69.1 Å². The topological polar surface area (TPSA) is 106 Å². The number of hydrogen-bond acceptors (Lipinski definition) is 7. The minimum absolute atomic E-state index is 0.0165. The van der Waals surface area contributed by atoms with Crippen LogP contribution in [-0.2, 0) is 4.79 Å². The van der Waals surface area contributed by atoms with Gasteiger partial charge in [0.2, 0.25) is 11.7 Å². The van der Waals surface area contributed by atoms with Gasteiger partial charge in [0, 0.05) is 43.7 Å². The van der Waals surface area contributed by atoms with Crippen LogP contribution in [0.4, 0.5) is 14.5 Å². The van der Waals surface area contributed by atoms with Gasteiger partial charge in [-0.15, -0.1) is 0 Å². The van der Waals surface area contributed by atoms with Gasteiger partial charge >= 0.3 is 0 Å². The molecule has 1 aromatic carbocycles. The quantitative estimate of drug-likeness (QED) is 0.177. The van der Waals surface area contributed by atoms with Crippen LogP contribution in [0.15, 0.2) is 41.4 Å². The molecule has 4 heterocycles. The minimum atomic E-state index is -1.64. The second-order valence-corrected chi connectivity index (χ2v) is 13.1. The predicted molar refractivity (Wildman–Crippen MR) is 181 cm³/mol. The predicted octanol–water partition coefficient (Wildman–Crippen LogP) is 6.82. The molecule has 1 fully saturated rings. The Morgan fingerprint density at radius 1 is 1.21 bits per heavy atom. The van der Waals surface area contributed by atoms with E-state index in [0.29, 0.717) is 11.1 Å². The average molecular weight is 704 g/mol. The zero-order valence-electron chi connectivity index (χ0n) is 26.2. The van der Waals surface area contributed by atoms with E-state index in [1.54, 1.807) is 4.90 Å². The number of aromatic hydroxyl groups is 1. The smallest absolute Gasteiger partial charge is 0.276 e. The Hall–Kier alpha value is -4.11. The summed E-state index contributed by atoms with van der Waals surface area (Å²) in [4.78, 5) is 37.2. The van der Waals surface area contributed by atoms with Gasteiger partial charge in [-0.1, -0.05) is 55.2 Å². The average Bonchev–Trinajstić information content (AvgIpc) is 3.03. The zero-order chi connectivity index (χ0) is 34.6. The summed E-state index contributed by atoms with van der Waals surface area (Å²) in [5, 5.41) is 19.6. The zero-order valence-corrected chi connectivity index (χ0v) is 28.5. The molecular weight excluding hydrogens is 673 g/mol. The number of anilines is 1. The maximum atomic E-state index is 14.8. The molecule has 0 saturated carbocycles. The number of pyridine rings is 2. The van der Waals surface area contributed by atoms with Crippen LogP contribution in [0.3, 0.4) is 0 Å². The molecule has 0 radical (unpaired) electrons. The third-order valence-electron chi connectivity index (χ3n) is 8.62. The molecule has 1 saturated heterocycles. The third-order valence-corrected chi connectivity index (χ3v) is 9.63. The van der Waals surface area contributed by atoms with Gasteiger partial charge in [-0.05, 0) is 49.8 Å². The highest BCUT2D eigenvalue weighted by molar-refractivity contribution is 6.42. The second-order valence-electron chi connectivity index (χ2n) is 11.9. The highest BCUT2D eigenvalue weighted by Crippen LogP contribution is 2.46. The molecular formula is C33H31Cl3F2N6O3. The molecule has 1 unspecified atom stereocenters. The number of amides is 1. The number of benzene rings is 1. The van der Waals surface area contributed by atoms with Crippen LogP contribution in [0.25, 0.3) is 28.0 Å². The van der Waals surface area contributed by atoms with Gasteiger partial charge < -0.3 is 19.8 Å². The van der Waals surface area contributed by atoms with Gasteiger partial charge in [0.05, 0.1) is 38.2 Å². The van der Waals surface area contributed by atoms with Crippen LogP contribution in [0, 0.1) is 28.9 Å². The number of phenolic OH excluding ortho intramolecular Hbond substituents is 1. The lowest BCUT2D eigenvalue weighted by Crippen LogP contribution is -2.54. The molecule has 246 valence electrons. The molecule has 1 amide bonds. The number of halogens is 5. The largest absolute Gasteiger partial charge is 0.504 e. The summed E-state index contributed by atoms with van der Waals surface area (Å²) >= 11 is 19.3. The molecule has 47 heavy (non-hydrogen) atoms. The lowest BCUT2D eigenvalue weighted by atomic mass is 9.93. The van der Waals surface area contributed by atoms with Gasteiger partial charge in [-0.25, -0.2) is 9.37 Å². The van der Waals surface area contributed by atoms with Crippen LogP contribution < -0.4 is 10.5 Å². The number of likely N-dealkylation sites (N-methyl/N-ethyl adjacent to an activating group) is 1. The highest BCUT2D eigenvalue weighted by atomic mass is 35.5. The molecule has 9 nitrogen and oxygen atoms in total. The van der Waals surface area contributed by atoms with Crippen molar-refractivity contribution in [2.24, 2.45) is 5.92 Å². The Balaban J connectivity index is 1.92. The molecule has 14 heteroatoms. The summed E-state index contributed by atoms with van der Waals surface area (Å²) in [6.07, 6.45) is 4.96. The van der Waals surface area contributed by atoms with Gasteiger partial charge in [0.1, 0.15) is 17.3 Å². The molecule has 1 N–H and O–H groups in total. The number of aromatic nitrogens is 2. The van der Waals surface area contributed by atoms with E-state index < -0.39 is 33.0 Å². The first kappa shape index (κ1) is 34.2. The molecule has 2 aliphatic heterocycles. The number of nitrogens with zero attached hydrogens (tertiary/aromatic N) is 6. The Morgan fingerprint density at radius 2 is 1.89 bits per heavy atom. The first-order chi connectivity index (χ1) is 22.2. The Kier molecular flexibility index (Phi) is 9.34. The first-order valence-electron chi connectivity index (χ1n) is 14.7. The van der Waals surface area contributed by atoms with E-state index in [9.17, 15) is 28.7 Å². The number of carbonyl (C=O) groups excluding carboxylic acids is 1. The van der Waals surface area contributed by atoms with Crippen molar-refractivity contribution in [3.63, 3.8) is 0 Å². The first-order valence-corrected chi connectivity index (χ1v) is 15.8. The Bertz CT molecular complexity index is 1990. The minimum Gasteiger partial charge on any atom is -0.504 e. The van der Waals surface area contributed by atoms with Crippen molar-refractivity contribution < 1.29 is 18.7 Å². The molecule has 5 rings (SSSR count). The number of phenols is 1. The maximum absolute atomic E-state index is 14.8. The molecule has 0 spiro atoms. The van der Waals surface area contributed by atoms with Crippen LogP contribution in [0.1, 0.15) is 33.3 Å². The number of rotatable bonds is 5. The Labute approximate surface area is 285 Å². The summed E-state index contributed by atoms with van der Waals surface area (Å²) in [6.45, 7) is 12.1. The molecule has 0 aliphatic carbocycles. The fourth-order valence-electron chi connectivity index (χ4n) is 6.46. The number of piperazine rings is 1. The summed E-state index contributed by atoms with van der Waals surface area (Å²) in [7, 11) is 1.87. The number of allylic oxidation sites excluding steroid dienone is 2. The van der Waals surface area contributed by atoms with E-state index in [4.69, 9.17) is 39.8 Å². The maximum Gasteiger partial charge on any atom is 0.276 e. The van der Waals surface area contributed by atoms with Gasteiger partial charge in [-0.2, -0.15) is 9.65 Å². The molecule has 2 aromatic heterocycles. The fourth-order valence-corrected chi connectivity index (χ4v) is 7.29. The van der Waals surface area contributed by atoms with Gasteiger partial charge in [-0.3, -0.25) is 14.2 Å². The van der Waals surface area contributed by atoms with Crippen molar-refractivity contribution in [2.75, 3.05) is 31.6 Å². The monoisotopic (exact) mass is 702 g/mol. The van der Waals surface area contributed by atoms with E-state index in [1.165, 1.54) is 16.7 Å². The number of carbonyl (C=O) groups is 1. The summed E-state index contributed by atoms with van der Waals surface area (Å²) in [5.41, 5.74) is 0.144. The standard InChI is InChI=1S/C33H31Cl3F2N6O3/c1-7-21(45)43-11-10-42(14-17(43)5)30-18-12-20(34)27(22-23(35)25(37)26(38)31(46)24(22)36)40-32(18)44(33(47)19(30)13-39)29-16(4)8-9-41(6)28(29)15(2)3/h7-9,12,15,17,28,46H,1,10-11,14H2,2-6H3/t17-,28?/m1/s1. The van der Waals surface area contributed by atoms with Crippen LogP contribution >= 0.6 is 34.8 Å². The van der Waals surface area contributed by atoms with Crippen molar-refractivity contribution in [1.82, 2.24) is 19.4 Å². The molecule has 0 bridgehead atoms. The molecule has 2 atom stereocenters. The highest BCUT2D eigenvalue weighted by Gasteiger charge is 2.35. The third kappa shape index (κ3) is 5.52. The lowest BCUT2D eigenvalue weighted by molar-refractivity contribution is -0.128. The van der Waals surface area contributed by atoms with Crippen LogP contribution in [0.2, 0.25) is 15.1 Å². The summed E-state index contributed by atoms with van der Waals surface area (Å²) in [6, 6.07) is 2.92. The van der Waals surface area contributed by atoms with Crippen molar-refractivity contribution in [3.8, 4) is 23.1 Å². The number of fused-ring (bicyclic) bond motifs is 1. The van der Waals surface area contributed by atoms with Crippen molar-refractivity contribution >= 4 is 63.1 Å². The van der Waals surface area contributed by atoms with Crippen molar-refractivity contribution in [2.45, 2.75) is 39.8 Å². The molecule has 2 aliphatic rings. The SMILES string of the molecule is C=CC(=O)N1CCN(c2c(C#N)c(=O)n(C3=C(C)C=CN(C)C3C(C)C)c3nc(-c4c(Cl)c(O)c(F)c(F)c4Cl)c(Cl)cc23)C[C@H]1C. The van der Waals surface area contributed by atoms with Gasteiger partial charge in [0.25, 0.3) is 5.56 Å². The number of hydrogen-bond donors (Lipinski definition) is 1. The molecule has 3 aromatic rings. The Morgan fingerprint density at radius 3 is 2.49 bits per heavy atom. The second kappa shape index (κ2) is 12.8. The summed E-state index contributed by atoms with van der Waals surface area (Å²) < 4.78 is 30.5. The normalized spacial score (nSPS) is 18.4. The number of nitriles is 1. The van der Waals surface area contributed by atoms with E-state index in [0.717, 1.165) is 5.57 Å². The van der Waals surface area contributed by atoms with Crippen molar-refractivity contribution in [3.05, 3.63) is 79.2 Å². The van der Waals surface area contributed by atoms with E-state index in [-0.39, 0.29) is 76.7 Å².